The van der Waals surface area contributed by atoms with Gasteiger partial charge in [0.15, 0.2) is 0 Å². The number of aryl methyl sites for hydroxylation is 1. The van der Waals surface area contributed by atoms with Crippen molar-refractivity contribution in [3.8, 4) is 0 Å². The number of aliphatic imine (C=N–C) groups is 1. The molecule has 5 nitrogen and oxygen atoms in total. The van der Waals surface area contributed by atoms with Gasteiger partial charge in [0.25, 0.3) is 0 Å². The van der Waals surface area contributed by atoms with Crippen molar-refractivity contribution >= 4 is 11.6 Å². The maximum absolute atomic E-state index is 5.52. The molecule has 0 saturated carbocycles. The fourth-order valence-electron chi connectivity index (χ4n) is 1.60. The van der Waals surface area contributed by atoms with Gasteiger partial charge in [-0.2, -0.15) is 0 Å². The minimum atomic E-state index is 0.0500. The number of rotatable bonds is 4. The monoisotopic (exact) mass is 250 g/mol. The zero-order valence-corrected chi connectivity index (χ0v) is 11.5. The molecule has 0 radical (unpaired) electrons. The second-order valence-corrected chi connectivity index (χ2v) is 4.30. The van der Waals surface area contributed by atoms with E-state index in [1.54, 1.807) is 7.11 Å². The third kappa shape index (κ3) is 4.01. The van der Waals surface area contributed by atoms with Gasteiger partial charge >= 0.3 is 0 Å². The van der Waals surface area contributed by atoms with Gasteiger partial charge in [0.2, 0.25) is 5.96 Å². The van der Waals surface area contributed by atoms with Crippen molar-refractivity contribution in [2.24, 2.45) is 10.8 Å². The van der Waals surface area contributed by atoms with Gasteiger partial charge in [0.1, 0.15) is 0 Å². The third-order valence-corrected chi connectivity index (χ3v) is 2.62. The van der Waals surface area contributed by atoms with Gasteiger partial charge in [-0.25, -0.2) is 10.8 Å². The van der Waals surface area contributed by atoms with Gasteiger partial charge in [-0.15, -0.1) is 0 Å². The highest BCUT2D eigenvalue weighted by Gasteiger charge is 2.09. The standard InChI is InChI=1S/C13H22N4O/c1-10-5-7-12(8-6-10)17(3)13(16-14)15-11(2)9-18-4/h5-8,11H,9,14H2,1-4H3,(H,15,16). The molecule has 0 saturated heterocycles. The first-order valence-electron chi connectivity index (χ1n) is 5.92. The summed E-state index contributed by atoms with van der Waals surface area (Å²) >= 11 is 0. The first-order valence-corrected chi connectivity index (χ1v) is 5.92. The summed E-state index contributed by atoms with van der Waals surface area (Å²) in [6.45, 7) is 4.59. The van der Waals surface area contributed by atoms with Gasteiger partial charge in [0, 0.05) is 19.8 Å². The second-order valence-electron chi connectivity index (χ2n) is 4.30. The summed E-state index contributed by atoms with van der Waals surface area (Å²) in [7, 11) is 3.58. The summed E-state index contributed by atoms with van der Waals surface area (Å²) in [5, 5.41) is 0. The highest BCUT2D eigenvalue weighted by atomic mass is 16.5. The number of methoxy groups -OCH3 is 1. The predicted octanol–water partition coefficient (Wildman–Crippen LogP) is 1.29. The van der Waals surface area contributed by atoms with Crippen LogP contribution >= 0.6 is 0 Å². The number of guanidine groups is 1. The Morgan fingerprint density at radius 1 is 1.44 bits per heavy atom. The zero-order valence-electron chi connectivity index (χ0n) is 11.5. The van der Waals surface area contributed by atoms with Gasteiger partial charge in [-0.3, -0.25) is 5.43 Å². The van der Waals surface area contributed by atoms with Gasteiger partial charge in [-0.1, -0.05) is 17.7 Å². The summed E-state index contributed by atoms with van der Waals surface area (Å²) in [5.41, 5.74) is 4.88. The molecule has 0 aromatic heterocycles. The smallest absolute Gasteiger partial charge is 0.213 e. The molecule has 0 aliphatic rings. The van der Waals surface area contributed by atoms with E-state index in [9.17, 15) is 0 Å². The summed E-state index contributed by atoms with van der Waals surface area (Å²) in [5.74, 6) is 6.14. The van der Waals surface area contributed by atoms with E-state index in [0.29, 0.717) is 12.6 Å². The van der Waals surface area contributed by atoms with Crippen molar-refractivity contribution in [3.63, 3.8) is 0 Å². The van der Waals surface area contributed by atoms with Crippen molar-refractivity contribution in [2.45, 2.75) is 19.9 Å². The number of benzene rings is 1. The number of nitrogens with two attached hydrogens (primary N) is 1. The number of anilines is 1. The largest absolute Gasteiger partial charge is 0.382 e. The van der Waals surface area contributed by atoms with Crippen molar-refractivity contribution < 1.29 is 4.74 Å². The van der Waals surface area contributed by atoms with E-state index < -0.39 is 0 Å². The van der Waals surface area contributed by atoms with E-state index in [1.807, 2.05) is 31.0 Å². The minimum Gasteiger partial charge on any atom is -0.382 e. The van der Waals surface area contributed by atoms with Crippen LogP contribution in [0.1, 0.15) is 12.5 Å². The molecule has 0 bridgehead atoms. The first-order chi connectivity index (χ1) is 8.58. The van der Waals surface area contributed by atoms with Crippen molar-refractivity contribution in [1.82, 2.24) is 5.43 Å². The van der Waals surface area contributed by atoms with Gasteiger partial charge in [-0.05, 0) is 26.0 Å². The lowest BCUT2D eigenvalue weighted by Gasteiger charge is -2.22. The van der Waals surface area contributed by atoms with Crippen LogP contribution in [0, 0.1) is 6.92 Å². The number of nitrogens with zero attached hydrogens (tertiary/aromatic N) is 2. The number of hydrogen-bond donors (Lipinski definition) is 2. The molecule has 18 heavy (non-hydrogen) atoms. The first kappa shape index (κ1) is 14.5. The molecule has 1 rings (SSSR count). The highest BCUT2D eigenvalue weighted by molar-refractivity contribution is 5.95. The Bertz CT molecular complexity index is 388. The van der Waals surface area contributed by atoms with Crippen LogP contribution in [0.2, 0.25) is 0 Å². The lowest BCUT2D eigenvalue weighted by Crippen LogP contribution is -2.43. The lowest BCUT2D eigenvalue weighted by molar-refractivity contribution is 0.185. The second kappa shape index (κ2) is 6.98. The quantitative estimate of drug-likeness (QED) is 0.366. The molecule has 0 aliphatic carbocycles. The Kier molecular flexibility index (Phi) is 5.61. The van der Waals surface area contributed by atoms with Crippen molar-refractivity contribution in [3.05, 3.63) is 29.8 Å². The Morgan fingerprint density at radius 2 is 2.06 bits per heavy atom. The highest BCUT2D eigenvalue weighted by Crippen LogP contribution is 2.13. The lowest BCUT2D eigenvalue weighted by atomic mass is 10.2. The molecule has 1 unspecified atom stereocenters. The van der Waals surface area contributed by atoms with Crippen LogP contribution in [0.15, 0.2) is 29.3 Å². The summed E-state index contributed by atoms with van der Waals surface area (Å²) in [6, 6.07) is 8.22. The molecule has 0 spiro atoms. The van der Waals surface area contributed by atoms with E-state index in [-0.39, 0.29) is 6.04 Å². The van der Waals surface area contributed by atoms with Crippen LogP contribution in [0.3, 0.4) is 0 Å². The predicted molar refractivity (Wildman–Crippen MR) is 75.7 cm³/mol. The zero-order chi connectivity index (χ0) is 13.5. The fraction of sp³-hybridized carbons (Fsp3) is 0.462. The van der Waals surface area contributed by atoms with Crippen LogP contribution in [0.4, 0.5) is 5.69 Å². The average Bonchev–Trinajstić information content (AvgIpc) is 2.36. The topological polar surface area (TPSA) is 62.9 Å². The van der Waals surface area contributed by atoms with E-state index >= 15 is 0 Å². The number of ether oxygens (including phenoxy) is 1. The van der Waals surface area contributed by atoms with E-state index in [1.165, 1.54) is 5.56 Å². The van der Waals surface area contributed by atoms with Gasteiger partial charge in [0.05, 0.1) is 12.6 Å². The number of hydrazine groups is 1. The Labute approximate surface area is 109 Å². The fourth-order valence-corrected chi connectivity index (χ4v) is 1.60. The average molecular weight is 250 g/mol. The van der Waals surface area contributed by atoms with Crippen LogP contribution in [0.5, 0.6) is 0 Å². The molecule has 100 valence electrons. The normalized spacial score (nSPS) is 13.3. The molecule has 1 aromatic carbocycles. The minimum absolute atomic E-state index is 0.0500. The van der Waals surface area contributed by atoms with E-state index in [4.69, 9.17) is 10.6 Å². The van der Waals surface area contributed by atoms with Crippen LogP contribution < -0.4 is 16.2 Å². The Hall–Kier alpha value is -1.59. The maximum Gasteiger partial charge on any atom is 0.213 e. The third-order valence-electron chi connectivity index (χ3n) is 2.62. The SMILES string of the molecule is COCC(C)N=C(NN)N(C)c1ccc(C)cc1. The molecule has 1 aromatic rings. The van der Waals surface area contributed by atoms with Crippen molar-refractivity contribution in [1.29, 1.82) is 0 Å². The molecule has 0 heterocycles. The van der Waals surface area contributed by atoms with Crippen molar-refractivity contribution in [2.75, 3.05) is 25.7 Å². The summed E-state index contributed by atoms with van der Waals surface area (Å²) in [6.07, 6.45) is 0. The number of nitrogens with one attached hydrogen (secondary N) is 1. The molecular weight excluding hydrogens is 228 g/mol. The van der Waals surface area contributed by atoms with Crippen LogP contribution in [-0.2, 0) is 4.74 Å². The summed E-state index contributed by atoms with van der Waals surface area (Å²) in [4.78, 5) is 6.37. The molecular formula is C13H22N4O. The molecule has 0 aliphatic heterocycles. The van der Waals surface area contributed by atoms with Crippen LogP contribution in [-0.4, -0.2) is 32.8 Å². The Balaban J connectivity index is 2.84. The maximum atomic E-state index is 5.52. The molecule has 3 N–H and O–H groups in total. The molecule has 0 fully saturated rings. The molecule has 0 amide bonds. The number of hydrogen-bond acceptors (Lipinski definition) is 3. The van der Waals surface area contributed by atoms with E-state index in [2.05, 4.69) is 29.5 Å². The molecule has 5 heteroatoms. The van der Waals surface area contributed by atoms with Gasteiger partial charge < -0.3 is 9.64 Å². The Morgan fingerprint density at radius 3 is 2.56 bits per heavy atom. The molecule has 1 atom stereocenters. The van der Waals surface area contributed by atoms with E-state index in [0.717, 1.165) is 5.69 Å². The van der Waals surface area contributed by atoms with Crippen LogP contribution in [0.25, 0.3) is 0 Å². The summed E-state index contributed by atoms with van der Waals surface area (Å²) < 4.78 is 5.06.